The molecule has 2 atom stereocenters. The normalized spacial score (nSPS) is 14.9. The van der Waals surface area contributed by atoms with Crippen molar-refractivity contribution in [2.24, 2.45) is 5.92 Å². The molecule has 1 rings (SSSR count). The highest BCUT2D eigenvalue weighted by Crippen LogP contribution is 2.18. The predicted molar refractivity (Wildman–Crippen MR) is 80.4 cm³/mol. The highest BCUT2D eigenvalue weighted by Gasteiger charge is 2.24. The fourth-order valence-corrected chi connectivity index (χ4v) is 3.01. The third kappa shape index (κ3) is 5.09. The predicted octanol–water partition coefficient (Wildman–Crippen LogP) is 3.72. The Kier molecular flexibility index (Phi) is 7.56. The first-order valence-electron chi connectivity index (χ1n) is 7.06. The van der Waals surface area contributed by atoms with Gasteiger partial charge in [-0.3, -0.25) is 0 Å². The van der Waals surface area contributed by atoms with Gasteiger partial charge in [0.2, 0.25) is 0 Å². The van der Waals surface area contributed by atoms with E-state index < -0.39 is 0 Å². The Hall–Kier alpha value is -0.380. The van der Waals surface area contributed by atoms with Crippen molar-refractivity contribution in [1.82, 2.24) is 5.32 Å². The van der Waals surface area contributed by atoms with Gasteiger partial charge >= 0.3 is 0 Å². The smallest absolute Gasteiger partial charge is 0.0754 e. The van der Waals surface area contributed by atoms with E-state index in [0.717, 1.165) is 26.0 Å². The van der Waals surface area contributed by atoms with Crippen LogP contribution in [0.3, 0.4) is 0 Å². The van der Waals surface area contributed by atoms with Crippen molar-refractivity contribution in [2.45, 2.75) is 52.7 Å². The number of hydrogen-bond acceptors (Lipinski definition) is 3. The lowest BCUT2D eigenvalue weighted by Crippen LogP contribution is -2.46. The van der Waals surface area contributed by atoms with Crippen molar-refractivity contribution in [3.8, 4) is 0 Å². The maximum atomic E-state index is 5.95. The number of rotatable bonds is 9. The lowest BCUT2D eigenvalue weighted by molar-refractivity contribution is 0.00380. The molecule has 1 N–H and O–H groups in total. The first-order chi connectivity index (χ1) is 8.69. The summed E-state index contributed by atoms with van der Waals surface area (Å²) in [4.78, 5) is 1.44. The van der Waals surface area contributed by atoms with Crippen LogP contribution in [0.5, 0.6) is 0 Å². The minimum atomic E-state index is 0.295. The van der Waals surface area contributed by atoms with E-state index in [0.29, 0.717) is 18.1 Å². The van der Waals surface area contributed by atoms with Crippen molar-refractivity contribution in [3.63, 3.8) is 0 Å². The van der Waals surface area contributed by atoms with Crippen LogP contribution in [0.2, 0.25) is 0 Å². The molecule has 0 aromatic carbocycles. The summed E-state index contributed by atoms with van der Waals surface area (Å²) in [5.74, 6) is 0.541. The van der Waals surface area contributed by atoms with Gasteiger partial charge in [-0.1, -0.05) is 26.8 Å². The van der Waals surface area contributed by atoms with Crippen LogP contribution in [0, 0.1) is 5.92 Å². The molecule has 18 heavy (non-hydrogen) atoms. The van der Waals surface area contributed by atoms with Crippen molar-refractivity contribution in [2.75, 3.05) is 13.2 Å². The fraction of sp³-hybridized carbons (Fsp3) is 0.733. The number of hydrogen-bond donors (Lipinski definition) is 1. The molecule has 0 bridgehead atoms. The van der Waals surface area contributed by atoms with Gasteiger partial charge in [0, 0.05) is 17.5 Å². The van der Waals surface area contributed by atoms with E-state index in [9.17, 15) is 0 Å². The SMILES string of the molecule is CCCNC(Cc1cccs1)C(OCC)C(C)C. The zero-order valence-corrected chi connectivity index (χ0v) is 12.9. The third-order valence-corrected chi connectivity index (χ3v) is 3.97. The Morgan fingerprint density at radius 2 is 2.11 bits per heavy atom. The lowest BCUT2D eigenvalue weighted by Gasteiger charge is -2.30. The maximum Gasteiger partial charge on any atom is 0.0754 e. The minimum Gasteiger partial charge on any atom is -0.377 e. The Morgan fingerprint density at radius 3 is 2.61 bits per heavy atom. The van der Waals surface area contributed by atoms with Gasteiger partial charge in [0.05, 0.1) is 6.10 Å². The van der Waals surface area contributed by atoms with E-state index >= 15 is 0 Å². The lowest BCUT2D eigenvalue weighted by atomic mass is 9.96. The van der Waals surface area contributed by atoms with E-state index in [-0.39, 0.29) is 0 Å². The molecule has 2 unspecified atom stereocenters. The molecule has 1 heterocycles. The summed E-state index contributed by atoms with van der Waals surface area (Å²) in [5.41, 5.74) is 0. The molecule has 1 aromatic heterocycles. The molecule has 0 saturated heterocycles. The van der Waals surface area contributed by atoms with E-state index in [1.165, 1.54) is 4.88 Å². The molecular formula is C15H27NOS. The van der Waals surface area contributed by atoms with Gasteiger partial charge in [0.15, 0.2) is 0 Å². The van der Waals surface area contributed by atoms with Crippen molar-refractivity contribution in [3.05, 3.63) is 22.4 Å². The minimum absolute atomic E-state index is 0.295. The third-order valence-electron chi connectivity index (χ3n) is 3.07. The molecule has 0 aliphatic carbocycles. The molecule has 0 amide bonds. The zero-order valence-electron chi connectivity index (χ0n) is 12.1. The average molecular weight is 269 g/mol. The van der Waals surface area contributed by atoms with E-state index in [1.54, 1.807) is 0 Å². The molecule has 104 valence electrons. The second-order valence-corrected chi connectivity index (χ2v) is 6.04. The average Bonchev–Trinajstić information content (AvgIpc) is 2.84. The highest BCUT2D eigenvalue weighted by molar-refractivity contribution is 7.09. The summed E-state index contributed by atoms with van der Waals surface area (Å²) in [5, 5.41) is 5.81. The molecule has 0 radical (unpaired) electrons. The largest absolute Gasteiger partial charge is 0.377 e. The zero-order chi connectivity index (χ0) is 13.4. The topological polar surface area (TPSA) is 21.3 Å². The highest BCUT2D eigenvalue weighted by atomic mass is 32.1. The molecule has 2 nitrogen and oxygen atoms in total. The van der Waals surface area contributed by atoms with Gasteiger partial charge in [-0.05, 0) is 43.7 Å². The molecular weight excluding hydrogens is 242 g/mol. The quantitative estimate of drug-likeness (QED) is 0.738. The van der Waals surface area contributed by atoms with Gasteiger partial charge in [-0.15, -0.1) is 11.3 Å². The summed E-state index contributed by atoms with van der Waals surface area (Å²) in [6, 6.07) is 4.76. The molecule has 0 spiro atoms. The second-order valence-electron chi connectivity index (χ2n) is 5.01. The van der Waals surface area contributed by atoms with Crippen LogP contribution in [0.25, 0.3) is 0 Å². The molecule has 3 heteroatoms. The summed E-state index contributed by atoms with van der Waals surface area (Å²) in [6.07, 6.45) is 2.53. The standard InChI is InChI=1S/C15H27NOS/c1-5-9-16-14(11-13-8-7-10-18-13)15(12(3)4)17-6-2/h7-8,10,12,14-16H,5-6,9,11H2,1-4H3. The monoisotopic (exact) mass is 269 g/mol. The maximum absolute atomic E-state index is 5.95. The van der Waals surface area contributed by atoms with E-state index in [1.807, 2.05) is 11.3 Å². The molecule has 0 aliphatic rings. The number of ether oxygens (including phenoxy) is 1. The summed E-state index contributed by atoms with van der Waals surface area (Å²) < 4.78 is 5.95. The van der Waals surface area contributed by atoms with Crippen LogP contribution in [-0.2, 0) is 11.2 Å². The van der Waals surface area contributed by atoms with Crippen LogP contribution < -0.4 is 5.32 Å². The molecule has 0 fully saturated rings. The van der Waals surface area contributed by atoms with E-state index in [4.69, 9.17) is 4.74 Å². The summed E-state index contributed by atoms with van der Waals surface area (Å²) in [7, 11) is 0. The second kappa shape index (κ2) is 8.68. The van der Waals surface area contributed by atoms with Gasteiger partial charge < -0.3 is 10.1 Å². The Bertz CT molecular complexity index is 297. The Balaban J connectivity index is 2.67. The van der Waals surface area contributed by atoms with Gasteiger partial charge in [0.1, 0.15) is 0 Å². The Labute approximate surface area is 116 Å². The van der Waals surface area contributed by atoms with Crippen LogP contribution in [0.15, 0.2) is 17.5 Å². The van der Waals surface area contributed by atoms with Gasteiger partial charge in [-0.25, -0.2) is 0 Å². The summed E-state index contributed by atoms with van der Waals surface area (Å²) in [6.45, 7) is 10.6. The van der Waals surface area contributed by atoms with Crippen LogP contribution >= 0.6 is 11.3 Å². The molecule has 0 aliphatic heterocycles. The van der Waals surface area contributed by atoms with Gasteiger partial charge in [-0.2, -0.15) is 0 Å². The molecule has 1 aromatic rings. The van der Waals surface area contributed by atoms with Crippen LogP contribution in [0.4, 0.5) is 0 Å². The van der Waals surface area contributed by atoms with E-state index in [2.05, 4.69) is 50.5 Å². The first kappa shape index (κ1) is 15.7. The van der Waals surface area contributed by atoms with Crippen molar-refractivity contribution >= 4 is 11.3 Å². The number of nitrogens with one attached hydrogen (secondary N) is 1. The molecule has 0 saturated carbocycles. The first-order valence-corrected chi connectivity index (χ1v) is 7.94. The van der Waals surface area contributed by atoms with Crippen molar-refractivity contribution < 1.29 is 4.74 Å². The fourth-order valence-electron chi connectivity index (χ4n) is 2.25. The van der Waals surface area contributed by atoms with Crippen LogP contribution in [0.1, 0.15) is 39.0 Å². The Morgan fingerprint density at radius 1 is 1.33 bits per heavy atom. The summed E-state index contributed by atoms with van der Waals surface area (Å²) >= 11 is 1.84. The van der Waals surface area contributed by atoms with Crippen LogP contribution in [-0.4, -0.2) is 25.3 Å². The van der Waals surface area contributed by atoms with Gasteiger partial charge in [0.25, 0.3) is 0 Å². The van der Waals surface area contributed by atoms with Crippen molar-refractivity contribution in [1.29, 1.82) is 0 Å². The number of thiophene rings is 1.